The molecule has 0 saturated carbocycles. The predicted molar refractivity (Wildman–Crippen MR) is 194 cm³/mol. The Morgan fingerprint density at radius 2 is 1.42 bits per heavy atom. The molecule has 48 heavy (non-hydrogen) atoms. The molecule has 1 aromatic heterocycles. The second-order valence-electron chi connectivity index (χ2n) is 12.6. The largest absolute Gasteiger partial charge is 0.332 e. The van der Waals surface area contributed by atoms with Crippen molar-refractivity contribution in [3.05, 3.63) is 168 Å². The monoisotopic (exact) mass is 614 g/mol. The molecule has 0 spiro atoms. The molecule has 9 rings (SSSR count). The number of nitriles is 2. The number of benzene rings is 5. The lowest BCUT2D eigenvalue weighted by Crippen LogP contribution is -2.29. The number of aryl methyl sites for hydroxylation is 1. The number of aromatic nitrogens is 1. The topological polar surface area (TPSA) is 55.8 Å². The highest BCUT2D eigenvalue weighted by atomic mass is 15.2. The van der Waals surface area contributed by atoms with Gasteiger partial charge in [-0.3, -0.25) is 0 Å². The van der Waals surface area contributed by atoms with Gasteiger partial charge in [0.25, 0.3) is 0 Å². The minimum Gasteiger partial charge on any atom is -0.332 e. The lowest BCUT2D eigenvalue weighted by Gasteiger charge is -2.29. The first-order valence-electron chi connectivity index (χ1n) is 16.5. The van der Waals surface area contributed by atoms with Gasteiger partial charge in [0.2, 0.25) is 0 Å². The van der Waals surface area contributed by atoms with Crippen LogP contribution in [0.1, 0.15) is 40.3 Å². The van der Waals surface area contributed by atoms with Crippen LogP contribution in [0.2, 0.25) is 0 Å². The van der Waals surface area contributed by atoms with Crippen LogP contribution < -0.4 is 4.90 Å². The highest BCUT2D eigenvalue weighted by Crippen LogP contribution is 2.50. The highest BCUT2D eigenvalue weighted by molar-refractivity contribution is 5.93. The molecule has 0 fully saturated rings. The van der Waals surface area contributed by atoms with E-state index in [4.69, 9.17) is 0 Å². The summed E-state index contributed by atoms with van der Waals surface area (Å²) in [6.07, 6.45) is 15.1. The Kier molecular flexibility index (Phi) is 6.49. The second kappa shape index (κ2) is 11.2. The zero-order valence-electron chi connectivity index (χ0n) is 26.2. The van der Waals surface area contributed by atoms with E-state index >= 15 is 0 Å². The molecule has 2 atom stereocenters. The fourth-order valence-electron chi connectivity index (χ4n) is 8.00. The predicted octanol–water partition coefficient (Wildman–Crippen LogP) is 10.4. The molecule has 3 aliphatic rings. The summed E-state index contributed by atoms with van der Waals surface area (Å²) in [6.45, 7) is 0. The van der Waals surface area contributed by atoms with Crippen LogP contribution in [0.3, 0.4) is 0 Å². The highest BCUT2D eigenvalue weighted by Gasteiger charge is 2.40. The van der Waals surface area contributed by atoms with Gasteiger partial charge in [-0.15, -0.1) is 0 Å². The SMILES string of the molecule is N#Cc1ccc(-c2cccc(-c3ccccc3-n3c4c(c5ccccc53)CCC=C4)c2)cc1N1c2cccc(C#N)c2C2C=CC=CC21. The van der Waals surface area contributed by atoms with Crippen molar-refractivity contribution in [1.29, 1.82) is 10.5 Å². The number of allylic oxidation sites excluding steroid dienone is 3. The van der Waals surface area contributed by atoms with Crippen LogP contribution in [0.15, 0.2) is 140 Å². The van der Waals surface area contributed by atoms with Gasteiger partial charge in [-0.2, -0.15) is 10.5 Å². The summed E-state index contributed by atoms with van der Waals surface area (Å²) in [5, 5.41) is 21.6. The average Bonchev–Trinajstić information content (AvgIpc) is 3.68. The fraction of sp³-hybridized carbons (Fsp3) is 0.0909. The van der Waals surface area contributed by atoms with Crippen molar-refractivity contribution in [2.24, 2.45) is 0 Å². The Labute approximate surface area is 280 Å². The van der Waals surface area contributed by atoms with Crippen molar-refractivity contribution in [3.63, 3.8) is 0 Å². The molecule has 0 radical (unpaired) electrons. The van der Waals surface area contributed by atoms with Gasteiger partial charge in [0.1, 0.15) is 6.07 Å². The molecule has 1 aliphatic heterocycles. The molecule has 0 saturated heterocycles. The van der Waals surface area contributed by atoms with Gasteiger partial charge in [0, 0.05) is 33.8 Å². The molecule has 2 aliphatic carbocycles. The van der Waals surface area contributed by atoms with E-state index in [1.54, 1.807) is 0 Å². The van der Waals surface area contributed by atoms with Gasteiger partial charge >= 0.3 is 0 Å². The summed E-state index contributed by atoms with van der Waals surface area (Å²) < 4.78 is 2.42. The third-order valence-corrected chi connectivity index (χ3v) is 10.1. The van der Waals surface area contributed by atoms with Crippen LogP contribution in [0.5, 0.6) is 0 Å². The van der Waals surface area contributed by atoms with Gasteiger partial charge < -0.3 is 9.47 Å². The summed E-state index contributed by atoms with van der Waals surface area (Å²) in [6, 6.07) is 43.0. The van der Waals surface area contributed by atoms with E-state index in [1.165, 1.54) is 22.2 Å². The van der Waals surface area contributed by atoms with Crippen molar-refractivity contribution in [1.82, 2.24) is 4.57 Å². The molecule has 226 valence electrons. The van der Waals surface area contributed by atoms with E-state index in [2.05, 4.69) is 143 Å². The number of para-hydroxylation sites is 2. The van der Waals surface area contributed by atoms with E-state index in [-0.39, 0.29) is 12.0 Å². The number of hydrogen-bond acceptors (Lipinski definition) is 3. The first-order valence-corrected chi connectivity index (χ1v) is 16.5. The molecule has 0 bridgehead atoms. The van der Waals surface area contributed by atoms with Crippen LogP contribution in [-0.2, 0) is 6.42 Å². The first kappa shape index (κ1) is 27.9. The maximum atomic E-state index is 10.3. The molecule has 5 aromatic carbocycles. The third kappa shape index (κ3) is 4.20. The van der Waals surface area contributed by atoms with Gasteiger partial charge in [-0.1, -0.05) is 97.1 Å². The summed E-state index contributed by atoms with van der Waals surface area (Å²) in [4.78, 5) is 2.25. The van der Waals surface area contributed by atoms with Gasteiger partial charge in [-0.05, 0) is 83.6 Å². The number of anilines is 2. The Bertz CT molecular complexity index is 2460. The molecule has 0 amide bonds. The van der Waals surface area contributed by atoms with E-state index in [9.17, 15) is 10.5 Å². The molecule has 2 heterocycles. The molecule has 2 unspecified atom stereocenters. The van der Waals surface area contributed by atoms with Crippen molar-refractivity contribution < 1.29 is 0 Å². The minimum absolute atomic E-state index is 0.0172. The summed E-state index contributed by atoms with van der Waals surface area (Å²) in [5.74, 6) is 0.0428. The van der Waals surface area contributed by atoms with Gasteiger partial charge in [0.15, 0.2) is 0 Å². The van der Waals surface area contributed by atoms with Crippen LogP contribution in [0, 0.1) is 22.7 Å². The normalized spacial score (nSPS) is 17.1. The van der Waals surface area contributed by atoms with Crippen LogP contribution in [0.4, 0.5) is 11.4 Å². The van der Waals surface area contributed by atoms with Crippen LogP contribution in [-0.4, -0.2) is 10.6 Å². The Balaban J connectivity index is 1.18. The Morgan fingerprint density at radius 3 is 2.33 bits per heavy atom. The van der Waals surface area contributed by atoms with E-state index < -0.39 is 0 Å². The summed E-state index contributed by atoms with van der Waals surface area (Å²) in [7, 11) is 0. The maximum absolute atomic E-state index is 10.3. The van der Waals surface area contributed by atoms with Crippen molar-refractivity contribution in [2.45, 2.75) is 24.8 Å². The lowest BCUT2D eigenvalue weighted by atomic mass is 9.89. The standard InChI is InChI=1S/C44H30N4/c45-27-32-24-23-30(26-43(32)48-41-21-8-4-17-37(41)44-33(28-46)13-10-22-42(44)48)29-11-9-12-31(25-29)34-14-1-5-18-38(34)47-39-19-6-2-15-35(39)36-16-3-7-20-40(36)47/h1-2,4-15,17-26,37,41H,3,16H2. The summed E-state index contributed by atoms with van der Waals surface area (Å²) >= 11 is 0. The van der Waals surface area contributed by atoms with E-state index in [0.29, 0.717) is 11.1 Å². The smallest absolute Gasteiger partial charge is 0.101 e. The molecule has 6 aromatic rings. The number of hydrogen-bond donors (Lipinski definition) is 0. The molecule has 4 heteroatoms. The molecular formula is C44H30N4. The summed E-state index contributed by atoms with van der Waals surface area (Å²) in [5.41, 5.74) is 13.6. The molecule has 4 nitrogen and oxygen atoms in total. The molecular weight excluding hydrogens is 585 g/mol. The van der Waals surface area contributed by atoms with Crippen LogP contribution >= 0.6 is 0 Å². The Hall–Kier alpha value is -6.36. The quantitative estimate of drug-likeness (QED) is 0.199. The van der Waals surface area contributed by atoms with Crippen molar-refractivity contribution >= 4 is 28.4 Å². The number of nitrogens with zero attached hydrogens (tertiary/aromatic N) is 4. The lowest BCUT2D eigenvalue weighted by molar-refractivity contribution is 0.743. The van der Waals surface area contributed by atoms with Gasteiger partial charge in [0.05, 0.1) is 40.1 Å². The minimum atomic E-state index is -0.0172. The zero-order valence-corrected chi connectivity index (χ0v) is 26.2. The maximum Gasteiger partial charge on any atom is 0.101 e. The third-order valence-electron chi connectivity index (χ3n) is 10.1. The van der Waals surface area contributed by atoms with Gasteiger partial charge in [-0.25, -0.2) is 0 Å². The number of fused-ring (bicyclic) bond motifs is 6. The first-order chi connectivity index (χ1) is 23.7. The zero-order chi connectivity index (χ0) is 32.2. The van der Waals surface area contributed by atoms with E-state index in [1.807, 2.05) is 24.3 Å². The van der Waals surface area contributed by atoms with Crippen LogP contribution in [0.25, 0.3) is 44.9 Å². The number of rotatable bonds is 4. The second-order valence-corrected chi connectivity index (χ2v) is 12.6. The fourth-order valence-corrected chi connectivity index (χ4v) is 8.00. The average molecular weight is 615 g/mol. The van der Waals surface area contributed by atoms with Crippen molar-refractivity contribution in [2.75, 3.05) is 4.90 Å². The molecule has 0 N–H and O–H groups in total. The Morgan fingerprint density at radius 1 is 0.646 bits per heavy atom. The van der Waals surface area contributed by atoms with E-state index in [0.717, 1.165) is 57.7 Å². The van der Waals surface area contributed by atoms with Crippen molar-refractivity contribution in [3.8, 4) is 40.1 Å².